The van der Waals surface area contributed by atoms with Gasteiger partial charge in [0.05, 0.1) is 11.1 Å². The molecule has 0 aliphatic carbocycles. The second-order valence-electron chi connectivity index (χ2n) is 7.10. The average molecular weight is 395 g/mol. The summed E-state index contributed by atoms with van der Waals surface area (Å²) >= 11 is 0. The summed E-state index contributed by atoms with van der Waals surface area (Å²) in [6.45, 7) is 2.03. The predicted octanol–water partition coefficient (Wildman–Crippen LogP) is 4.67. The first-order valence-corrected chi connectivity index (χ1v) is 9.47. The zero-order chi connectivity index (χ0) is 20.7. The fourth-order valence-corrected chi connectivity index (χ4v) is 3.36. The summed E-state index contributed by atoms with van der Waals surface area (Å²) in [6.07, 6.45) is 3.94. The summed E-state index contributed by atoms with van der Waals surface area (Å²) in [5, 5.41) is 3.21. The largest absolute Gasteiger partial charge is 0.451 e. The Labute approximate surface area is 171 Å². The van der Waals surface area contributed by atoms with Crippen LogP contribution in [0, 0.1) is 6.92 Å². The highest BCUT2D eigenvalue weighted by atomic mass is 16.3. The lowest BCUT2D eigenvalue weighted by molar-refractivity contribution is 0.0997. The minimum Gasteiger partial charge on any atom is -0.451 e. The number of para-hydroxylation sites is 1. The van der Waals surface area contributed by atoms with Gasteiger partial charge < -0.3 is 14.1 Å². The minimum atomic E-state index is -0.478. The van der Waals surface area contributed by atoms with Crippen molar-refractivity contribution in [2.75, 3.05) is 5.32 Å². The third-order valence-corrected chi connectivity index (χ3v) is 4.91. The molecular weight excluding hydrogens is 378 g/mol. The number of pyridine rings is 1. The molecule has 30 heavy (non-hydrogen) atoms. The van der Waals surface area contributed by atoms with Crippen molar-refractivity contribution in [2.45, 2.75) is 6.92 Å². The standard InChI is InChI=1S/C24H17N3O3/c1-15-10-11-27-14-19(26-23(27)12-15)16-6-8-17(9-7-16)25-24(29)22-13-20(28)18-4-2-3-5-21(18)30-22/h2-14H,1H3,(H,25,29). The van der Waals surface area contributed by atoms with Crippen LogP contribution < -0.4 is 10.7 Å². The van der Waals surface area contributed by atoms with Crippen molar-refractivity contribution in [1.29, 1.82) is 0 Å². The van der Waals surface area contributed by atoms with E-state index >= 15 is 0 Å². The Morgan fingerprint density at radius 3 is 2.67 bits per heavy atom. The summed E-state index contributed by atoms with van der Waals surface area (Å²) in [5.41, 5.74) is 4.54. The van der Waals surface area contributed by atoms with Crippen LogP contribution in [0.1, 0.15) is 16.1 Å². The van der Waals surface area contributed by atoms with Crippen LogP contribution in [0.2, 0.25) is 0 Å². The number of anilines is 1. The average Bonchev–Trinajstić information content (AvgIpc) is 3.17. The molecule has 146 valence electrons. The molecule has 6 nitrogen and oxygen atoms in total. The van der Waals surface area contributed by atoms with E-state index in [1.807, 2.05) is 48.0 Å². The smallest absolute Gasteiger partial charge is 0.291 e. The lowest BCUT2D eigenvalue weighted by Gasteiger charge is -2.06. The molecule has 0 radical (unpaired) electrons. The van der Waals surface area contributed by atoms with Gasteiger partial charge in [0.25, 0.3) is 5.91 Å². The highest BCUT2D eigenvalue weighted by Crippen LogP contribution is 2.22. The van der Waals surface area contributed by atoms with Gasteiger partial charge >= 0.3 is 0 Å². The Balaban J connectivity index is 1.39. The van der Waals surface area contributed by atoms with E-state index in [1.165, 1.54) is 6.07 Å². The number of carbonyl (C=O) groups excluding carboxylic acids is 1. The van der Waals surface area contributed by atoms with Crippen LogP contribution in [0.25, 0.3) is 27.9 Å². The number of aromatic nitrogens is 2. The van der Waals surface area contributed by atoms with Crippen LogP contribution in [0.3, 0.4) is 0 Å². The second kappa shape index (κ2) is 7.00. The van der Waals surface area contributed by atoms with Crippen molar-refractivity contribution in [2.24, 2.45) is 0 Å². The van der Waals surface area contributed by atoms with Gasteiger partial charge in [0, 0.05) is 29.7 Å². The summed E-state index contributed by atoms with van der Waals surface area (Å²) in [5.74, 6) is -0.507. The van der Waals surface area contributed by atoms with Gasteiger partial charge in [-0.15, -0.1) is 0 Å². The maximum absolute atomic E-state index is 12.6. The molecule has 0 aliphatic rings. The molecule has 1 amide bonds. The molecule has 5 rings (SSSR count). The third kappa shape index (κ3) is 3.24. The van der Waals surface area contributed by atoms with Crippen LogP contribution in [-0.2, 0) is 0 Å². The lowest BCUT2D eigenvalue weighted by Crippen LogP contribution is -2.14. The van der Waals surface area contributed by atoms with Gasteiger partial charge in [-0.05, 0) is 48.9 Å². The maximum atomic E-state index is 12.6. The molecule has 0 saturated heterocycles. The normalized spacial score (nSPS) is 11.1. The molecule has 6 heteroatoms. The number of carbonyl (C=O) groups is 1. The number of hydrogen-bond acceptors (Lipinski definition) is 4. The molecule has 0 aliphatic heterocycles. The van der Waals surface area contributed by atoms with E-state index in [0.29, 0.717) is 16.7 Å². The quantitative estimate of drug-likeness (QED) is 0.482. The van der Waals surface area contributed by atoms with E-state index < -0.39 is 5.91 Å². The number of fused-ring (bicyclic) bond motifs is 2. The first kappa shape index (κ1) is 17.9. The Bertz CT molecular complexity index is 1460. The highest BCUT2D eigenvalue weighted by molar-refractivity contribution is 6.03. The molecule has 2 aromatic carbocycles. The van der Waals surface area contributed by atoms with Crippen molar-refractivity contribution in [1.82, 2.24) is 9.38 Å². The van der Waals surface area contributed by atoms with Gasteiger partial charge in [-0.2, -0.15) is 0 Å². The number of imidazole rings is 1. The van der Waals surface area contributed by atoms with Crippen LogP contribution in [0.5, 0.6) is 0 Å². The van der Waals surface area contributed by atoms with Gasteiger partial charge in [-0.3, -0.25) is 9.59 Å². The van der Waals surface area contributed by atoms with E-state index in [2.05, 4.69) is 10.3 Å². The molecular formula is C24H17N3O3. The van der Waals surface area contributed by atoms with E-state index in [-0.39, 0.29) is 11.2 Å². The molecule has 3 aromatic heterocycles. The summed E-state index contributed by atoms with van der Waals surface area (Å²) < 4.78 is 7.56. The number of benzene rings is 2. The van der Waals surface area contributed by atoms with Crippen molar-refractivity contribution in [3.63, 3.8) is 0 Å². The second-order valence-corrected chi connectivity index (χ2v) is 7.10. The Hall–Kier alpha value is -4.19. The first-order valence-electron chi connectivity index (χ1n) is 9.47. The minimum absolute atomic E-state index is 0.0292. The molecule has 3 heterocycles. The summed E-state index contributed by atoms with van der Waals surface area (Å²) in [6, 6.07) is 19.5. The Kier molecular flexibility index (Phi) is 4.17. The SMILES string of the molecule is Cc1ccn2cc(-c3ccc(NC(=O)c4cc(=O)c5ccccc5o4)cc3)nc2c1. The molecule has 1 N–H and O–H groups in total. The monoisotopic (exact) mass is 395 g/mol. The van der Waals surface area contributed by atoms with E-state index in [0.717, 1.165) is 22.5 Å². The summed E-state index contributed by atoms with van der Waals surface area (Å²) in [7, 11) is 0. The van der Waals surface area contributed by atoms with Gasteiger partial charge in [0.1, 0.15) is 11.2 Å². The van der Waals surface area contributed by atoms with Gasteiger partial charge in [0.15, 0.2) is 11.2 Å². The Morgan fingerprint density at radius 1 is 1.03 bits per heavy atom. The van der Waals surface area contributed by atoms with Crippen molar-refractivity contribution >= 4 is 28.2 Å². The number of nitrogens with one attached hydrogen (secondary N) is 1. The molecule has 0 atom stereocenters. The number of aryl methyl sites for hydroxylation is 1. The van der Waals surface area contributed by atoms with Crippen molar-refractivity contribution < 1.29 is 9.21 Å². The third-order valence-electron chi connectivity index (χ3n) is 4.91. The van der Waals surface area contributed by atoms with E-state index in [9.17, 15) is 9.59 Å². The van der Waals surface area contributed by atoms with Crippen molar-refractivity contribution in [3.05, 3.63) is 101 Å². The fourth-order valence-electron chi connectivity index (χ4n) is 3.36. The van der Waals surface area contributed by atoms with E-state index in [1.54, 1.807) is 36.4 Å². The molecule has 0 fully saturated rings. The van der Waals surface area contributed by atoms with E-state index in [4.69, 9.17) is 4.42 Å². The number of hydrogen-bond donors (Lipinski definition) is 1. The number of amides is 1. The van der Waals surface area contributed by atoms with Gasteiger partial charge in [0.2, 0.25) is 0 Å². The van der Waals surface area contributed by atoms with Crippen LogP contribution >= 0.6 is 0 Å². The van der Waals surface area contributed by atoms with Crippen LogP contribution in [0.4, 0.5) is 5.69 Å². The Morgan fingerprint density at radius 2 is 1.83 bits per heavy atom. The predicted molar refractivity (Wildman–Crippen MR) is 116 cm³/mol. The topological polar surface area (TPSA) is 76.6 Å². The zero-order valence-corrected chi connectivity index (χ0v) is 16.1. The fraction of sp³-hybridized carbons (Fsp3) is 0.0417. The maximum Gasteiger partial charge on any atom is 0.291 e. The van der Waals surface area contributed by atoms with Crippen LogP contribution in [0.15, 0.2) is 88.3 Å². The lowest BCUT2D eigenvalue weighted by atomic mass is 10.1. The summed E-state index contributed by atoms with van der Waals surface area (Å²) in [4.78, 5) is 29.4. The van der Waals surface area contributed by atoms with Crippen molar-refractivity contribution in [3.8, 4) is 11.3 Å². The molecule has 0 saturated carbocycles. The molecule has 5 aromatic rings. The highest BCUT2D eigenvalue weighted by Gasteiger charge is 2.13. The van der Waals surface area contributed by atoms with Gasteiger partial charge in [-0.1, -0.05) is 24.3 Å². The molecule has 0 unspecified atom stereocenters. The first-order chi connectivity index (χ1) is 14.6. The molecule has 0 bridgehead atoms. The number of rotatable bonds is 3. The molecule has 0 spiro atoms. The number of nitrogens with zero attached hydrogens (tertiary/aromatic N) is 2. The van der Waals surface area contributed by atoms with Crippen LogP contribution in [-0.4, -0.2) is 15.3 Å². The van der Waals surface area contributed by atoms with Gasteiger partial charge in [-0.25, -0.2) is 4.98 Å². The zero-order valence-electron chi connectivity index (χ0n) is 16.1.